The van der Waals surface area contributed by atoms with E-state index in [-0.39, 0.29) is 5.91 Å². The lowest BCUT2D eigenvalue weighted by Crippen LogP contribution is -2.30. The van der Waals surface area contributed by atoms with Crippen LogP contribution in [0.1, 0.15) is 19.3 Å². The number of benzene rings is 1. The highest BCUT2D eigenvalue weighted by Crippen LogP contribution is 2.27. The predicted octanol–water partition coefficient (Wildman–Crippen LogP) is 2.68. The van der Waals surface area contributed by atoms with E-state index in [0.717, 1.165) is 31.6 Å². The number of amides is 1. The van der Waals surface area contributed by atoms with E-state index in [0.29, 0.717) is 23.1 Å². The van der Waals surface area contributed by atoms with Gasteiger partial charge in [-0.25, -0.2) is 0 Å². The molecule has 0 aliphatic carbocycles. The summed E-state index contributed by atoms with van der Waals surface area (Å²) in [6.07, 6.45) is 2.71. The van der Waals surface area contributed by atoms with Crippen LogP contribution >= 0.6 is 11.6 Å². The maximum Gasteiger partial charge on any atom is 0.224 e. The Kier molecular flexibility index (Phi) is 5.05. The summed E-state index contributed by atoms with van der Waals surface area (Å²) in [7, 11) is 1.56. The Morgan fingerprint density at radius 1 is 1.47 bits per heavy atom. The van der Waals surface area contributed by atoms with Crippen molar-refractivity contribution in [2.75, 3.05) is 25.5 Å². The van der Waals surface area contributed by atoms with E-state index in [1.54, 1.807) is 25.3 Å². The second-order valence-corrected chi connectivity index (χ2v) is 5.20. The van der Waals surface area contributed by atoms with Crippen molar-refractivity contribution in [2.45, 2.75) is 19.3 Å². The molecule has 19 heavy (non-hydrogen) atoms. The first-order valence-corrected chi connectivity index (χ1v) is 6.91. The Morgan fingerprint density at radius 3 is 2.89 bits per heavy atom. The molecule has 0 atom stereocenters. The van der Waals surface area contributed by atoms with Gasteiger partial charge >= 0.3 is 0 Å². The van der Waals surface area contributed by atoms with Crippen LogP contribution in [0.3, 0.4) is 0 Å². The number of methoxy groups -OCH3 is 1. The molecule has 0 spiro atoms. The zero-order valence-corrected chi connectivity index (χ0v) is 11.8. The van der Waals surface area contributed by atoms with E-state index >= 15 is 0 Å². The number of nitrogens with one attached hydrogen (secondary N) is 2. The first-order valence-electron chi connectivity index (χ1n) is 6.53. The molecule has 1 saturated heterocycles. The zero-order chi connectivity index (χ0) is 13.7. The molecule has 1 heterocycles. The van der Waals surface area contributed by atoms with Gasteiger partial charge in [0.15, 0.2) is 0 Å². The van der Waals surface area contributed by atoms with Crippen molar-refractivity contribution in [3.8, 4) is 5.75 Å². The molecule has 2 N–H and O–H groups in total. The van der Waals surface area contributed by atoms with Gasteiger partial charge in [-0.1, -0.05) is 11.6 Å². The lowest BCUT2D eigenvalue weighted by atomic mass is 9.94. The lowest BCUT2D eigenvalue weighted by molar-refractivity contribution is -0.117. The van der Waals surface area contributed by atoms with E-state index in [1.807, 2.05) is 0 Å². The van der Waals surface area contributed by atoms with E-state index in [9.17, 15) is 4.79 Å². The molecule has 1 aliphatic heterocycles. The zero-order valence-electron chi connectivity index (χ0n) is 11.0. The normalized spacial score (nSPS) is 16.1. The number of piperidine rings is 1. The van der Waals surface area contributed by atoms with Gasteiger partial charge in [-0.2, -0.15) is 0 Å². The molecule has 0 radical (unpaired) electrons. The molecule has 1 aromatic rings. The van der Waals surface area contributed by atoms with E-state index in [1.165, 1.54) is 0 Å². The van der Waals surface area contributed by atoms with Gasteiger partial charge in [0.1, 0.15) is 5.75 Å². The summed E-state index contributed by atoms with van der Waals surface area (Å²) in [5.74, 6) is 1.10. The minimum atomic E-state index is 0.0521. The van der Waals surface area contributed by atoms with Crippen molar-refractivity contribution in [3.05, 3.63) is 23.2 Å². The van der Waals surface area contributed by atoms with Gasteiger partial charge in [-0.3, -0.25) is 4.79 Å². The standard InChI is InChI=1S/C14H19ClN2O2/c1-19-13-9-11(2-3-12(13)15)17-14(18)8-10-4-6-16-7-5-10/h2-3,9-10,16H,4-8H2,1H3,(H,17,18). The molecule has 2 rings (SSSR count). The predicted molar refractivity (Wildman–Crippen MR) is 76.8 cm³/mol. The van der Waals surface area contributed by atoms with Gasteiger partial charge < -0.3 is 15.4 Å². The van der Waals surface area contributed by atoms with Crippen LogP contribution in [0.25, 0.3) is 0 Å². The Labute approximate surface area is 118 Å². The van der Waals surface area contributed by atoms with Crippen molar-refractivity contribution in [3.63, 3.8) is 0 Å². The second-order valence-electron chi connectivity index (χ2n) is 4.80. The maximum atomic E-state index is 12.0. The lowest BCUT2D eigenvalue weighted by Gasteiger charge is -2.22. The minimum absolute atomic E-state index is 0.0521. The highest BCUT2D eigenvalue weighted by molar-refractivity contribution is 6.32. The van der Waals surface area contributed by atoms with Crippen LogP contribution in [0.2, 0.25) is 5.02 Å². The fourth-order valence-corrected chi connectivity index (χ4v) is 2.49. The monoisotopic (exact) mass is 282 g/mol. The summed E-state index contributed by atoms with van der Waals surface area (Å²) in [5, 5.41) is 6.73. The molecule has 4 nitrogen and oxygen atoms in total. The number of hydrogen-bond acceptors (Lipinski definition) is 3. The van der Waals surface area contributed by atoms with Gasteiger partial charge in [0.25, 0.3) is 0 Å². The number of rotatable bonds is 4. The first kappa shape index (κ1) is 14.2. The highest BCUT2D eigenvalue weighted by Gasteiger charge is 2.17. The minimum Gasteiger partial charge on any atom is -0.495 e. The maximum absolute atomic E-state index is 12.0. The van der Waals surface area contributed by atoms with Crippen LogP contribution in [0.4, 0.5) is 5.69 Å². The number of ether oxygens (including phenoxy) is 1. The summed E-state index contributed by atoms with van der Waals surface area (Å²) in [6, 6.07) is 5.24. The number of carbonyl (C=O) groups is 1. The van der Waals surface area contributed by atoms with Crippen LogP contribution in [0.5, 0.6) is 5.75 Å². The average molecular weight is 283 g/mol. The summed E-state index contributed by atoms with van der Waals surface area (Å²) < 4.78 is 5.13. The Balaban J connectivity index is 1.90. The summed E-state index contributed by atoms with van der Waals surface area (Å²) in [6.45, 7) is 2.01. The molecule has 1 fully saturated rings. The van der Waals surface area contributed by atoms with Gasteiger partial charge in [0.2, 0.25) is 5.91 Å². The quantitative estimate of drug-likeness (QED) is 0.893. The fourth-order valence-electron chi connectivity index (χ4n) is 2.30. The number of anilines is 1. The molecule has 104 valence electrons. The molecule has 1 aromatic carbocycles. The Morgan fingerprint density at radius 2 is 2.21 bits per heavy atom. The van der Waals surface area contributed by atoms with Gasteiger partial charge in [-0.15, -0.1) is 0 Å². The molecular weight excluding hydrogens is 264 g/mol. The molecular formula is C14H19ClN2O2. The summed E-state index contributed by atoms with van der Waals surface area (Å²) in [4.78, 5) is 12.0. The average Bonchev–Trinajstić information content (AvgIpc) is 2.42. The number of hydrogen-bond donors (Lipinski definition) is 2. The number of halogens is 1. The van der Waals surface area contributed by atoms with E-state index < -0.39 is 0 Å². The van der Waals surface area contributed by atoms with Crippen LogP contribution in [-0.2, 0) is 4.79 Å². The molecule has 5 heteroatoms. The Bertz CT molecular complexity index is 445. The Hall–Kier alpha value is -1.26. The van der Waals surface area contributed by atoms with Gasteiger partial charge in [-0.05, 0) is 44.0 Å². The van der Waals surface area contributed by atoms with Gasteiger partial charge in [0.05, 0.1) is 12.1 Å². The van der Waals surface area contributed by atoms with Gasteiger partial charge in [0, 0.05) is 18.2 Å². The third kappa shape index (κ3) is 4.11. The van der Waals surface area contributed by atoms with E-state index in [2.05, 4.69) is 10.6 Å². The summed E-state index contributed by atoms with van der Waals surface area (Å²) >= 11 is 5.94. The van der Waals surface area contributed by atoms with Crippen LogP contribution in [-0.4, -0.2) is 26.1 Å². The third-order valence-electron chi connectivity index (χ3n) is 3.37. The van der Waals surface area contributed by atoms with Crippen LogP contribution in [0.15, 0.2) is 18.2 Å². The molecule has 0 saturated carbocycles. The second kappa shape index (κ2) is 6.78. The summed E-state index contributed by atoms with van der Waals surface area (Å²) in [5.41, 5.74) is 0.722. The van der Waals surface area contributed by atoms with E-state index in [4.69, 9.17) is 16.3 Å². The first-order chi connectivity index (χ1) is 9.19. The fraction of sp³-hybridized carbons (Fsp3) is 0.500. The van der Waals surface area contributed by atoms with Crippen molar-refractivity contribution in [1.29, 1.82) is 0 Å². The molecule has 0 bridgehead atoms. The van der Waals surface area contributed by atoms with Crippen molar-refractivity contribution in [2.24, 2.45) is 5.92 Å². The SMILES string of the molecule is COc1cc(NC(=O)CC2CCNCC2)ccc1Cl. The molecule has 0 aromatic heterocycles. The third-order valence-corrected chi connectivity index (χ3v) is 3.68. The highest BCUT2D eigenvalue weighted by atomic mass is 35.5. The largest absolute Gasteiger partial charge is 0.495 e. The van der Waals surface area contributed by atoms with Crippen molar-refractivity contribution < 1.29 is 9.53 Å². The molecule has 0 unspecified atom stereocenters. The van der Waals surface area contributed by atoms with Crippen LogP contribution in [0, 0.1) is 5.92 Å². The molecule has 1 amide bonds. The van der Waals surface area contributed by atoms with Crippen molar-refractivity contribution in [1.82, 2.24) is 5.32 Å². The molecule has 1 aliphatic rings. The smallest absolute Gasteiger partial charge is 0.224 e. The van der Waals surface area contributed by atoms with Crippen LogP contribution < -0.4 is 15.4 Å². The van der Waals surface area contributed by atoms with Crippen molar-refractivity contribution >= 4 is 23.2 Å². The topological polar surface area (TPSA) is 50.4 Å². The number of carbonyl (C=O) groups excluding carboxylic acids is 1.